The number of ether oxygens (including phenoxy) is 4. The molecule has 11 aromatic carbocycles. The molecule has 4 heteroatoms. The maximum atomic E-state index is 6.27. The zero-order valence-electron chi connectivity index (χ0n) is 29.9. The lowest BCUT2D eigenvalue weighted by Gasteiger charge is -2.27. The molecule has 0 aliphatic rings. The third-order valence-corrected chi connectivity index (χ3v) is 11.7. The van der Waals surface area contributed by atoms with Gasteiger partial charge in [-0.1, -0.05) is 96.1 Å². The van der Waals surface area contributed by atoms with Gasteiger partial charge in [0.1, 0.15) is 23.0 Å². The summed E-state index contributed by atoms with van der Waals surface area (Å²) in [5.41, 5.74) is 2.40. The molecule has 11 aromatic rings. The molecule has 0 radical (unpaired) electrons. The van der Waals surface area contributed by atoms with E-state index in [-0.39, 0.29) is 0 Å². The molecule has 11 rings (SSSR count). The highest BCUT2D eigenvalue weighted by atomic mass is 16.5. The molecule has 52 heavy (non-hydrogen) atoms. The largest absolute Gasteiger partial charge is 0.496 e. The van der Waals surface area contributed by atoms with Crippen LogP contribution < -0.4 is 18.9 Å². The molecule has 0 N–H and O–H groups in total. The number of aryl methyl sites for hydroxylation is 2. The van der Waals surface area contributed by atoms with E-state index in [0.717, 1.165) is 55.3 Å². The van der Waals surface area contributed by atoms with E-state index in [1.807, 2.05) is 0 Å². The van der Waals surface area contributed by atoms with Gasteiger partial charge in [-0.3, -0.25) is 0 Å². The Hall–Kier alpha value is -6.26. The highest BCUT2D eigenvalue weighted by Gasteiger charge is 2.30. The Labute approximate surface area is 299 Å². The molecule has 0 bridgehead atoms. The second-order valence-electron chi connectivity index (χ2n) is 14.3. The van der Waals surface area contributed by atoms with E-state index in [1.165, 1.54) is 86.5 Å². The van der Waals surface area contributed by atoms with E-state index in [4.69, 9.17) is 18.9 Å². The molecule has 0 atom stereocenters. The Balaban J connectivity index is 1.68. The lowest BCUT2D eigenvalue weighted by Crippen LogP contribution is -2.00. The Morgan fingerprint density at radius 2 is 0.538 bits per heavy atom. The summed E-state index contributed by atoms with van der Waals surface area (Å²) in [6, 6.07) is 35.6. The van der Waals surface area contributed by atoms with E-state index < -0.39 is 0 Å². The van der Waals surface area contributed by atoms with Gasteiger partial charge in [-0.2, -0.15) is 0 Å². The van der Waals surface area contributed by atoms with E-state index in [2.05, 4.69) is 111 Å². The molecule has 0 aromatic heterocycles. The van der Waals surface area contributed by atoms with Gasteiger partial charge in [0, 0.05) is 55.2 Å². The lowest BCUT2D eigenvalue weighted by atomic mass is 9.77. The molecule has 0 aliphatic carbocycles. The summed E-state index contributed by atoms with van der Waals surface area (Å²) in [6.45, 7) is 4.35. The van der Waals surface area contributed by atoms with Crippen molar-refractivity contribution < 1.29 is 18.9 Å². The van der Waals surface area contributed by atoms with E-state index in [0.29, 0.717) is 0 Å². The number of fused-ring (bicyclic) bond motifs is 14. The summed E-state index contributed by atoms with van der Waals surface area (Å²) in [5, 5.41) is 23.6. The van der Waals surface area contributed by atoms with Crippen molar-refractivity contribution in [1.29, 1.82) is 0 Å². The summed E-state index contributed by atoms with van der Waals surface area (Å²) < 4.78 is 25.0. The van der Waals surface area contributed by atoms with Gasteiger partial charge in [0.25, 0.3) is 0 Å². The molecule has 0 saturated heterocycles. The molecular formula is C48H34O4. The first-order chi connectivity index (χ1) is 25.5. The zero-order valence-corrected chi connectivity index (χ0v) is 29.9. The van der Waals surface area contributed by atoms with Crippen molar-refractivity contribution in [2.45, 2.75) is 13.8 Å². The van der Waals surface area contributed by atoms with Crippen molar-refractivity contribution in [3.63, 3.8) is 0 Å². The third kappa shape index (κ3) is 3.38. The number of hydrogen-bond acceptors (Lipinski definition) is 4. The van der Waals surface area contributed by atoms with Crippen LogP contribution in [0, 0.1) is 13.8 Å². The summed E-state index contributed by atoms with van der Waals surface area (Å²) >= 11 is 0. The van der Waals surface area contributed by atoms with Crippen LogP contribution in [-0.2, 0) is 0 Å². The Morgan fingerprint density at radius 1 is 0.269 bits per heavy atom. The van der Waals surface area contributed by atoms with E-state index in [1.54, 1.807) is 28.4 Å². The van der Waals surface area contributed by atoms with Crippen molar-refractivity contribution in [3.05, 3.63) is 108 Å². The van der Waals surface area contributed by atoms with E-state index >= 15 is 0 Å². The fraction of sp³-hybridized carbons (Fsp3) is 0.125. The summed E-state index contributed by atoms with van der Waals surface area (Å²) in [7, 11) is 7.07. The van der Waals surface area contributed by atoms with Crippen LogP contribution in [-0.4, -0.2) is 28.4 Å². The molecule has 250 valence electrons. The Kier molecular flexibility index (Phi) is 5.76. The van der Waals surface area contributed by atoms with Crippen molar-refractivity contribution in [3.8, 4) is 23.0 Å². The minimum atomic E-state index is 0.806. The van der Waals surface area contributed by atoms with Gasteiger partial charge in [-0.15, -0.1) is 0 Å². The molecule has 0 fully saturated rings. The van der Waals surface area contributed by atoms with Crippen LogP contribution in [0.2, 0.25) is 0 Å². The Morgan fingerprint density at radius 3 is 0.865 bits per heavy atom. The van der Waals surface area contributed by atoms with Crippen LogP contribution in [0.4, 0.5) is 0 Å². The highest BCUT2D eigenvalue weighted by Crippen LogP contribution is 2.59. The summed E-state index contributed by atoms with van der Waals surface area (Å²) in [6.07, 6.45) is 0. The van der Waals surface area contributed by atoms with Crippen molar-refractivity contribution in [2.75, 3.05) is 28.4 Å². The summed E-state index contributed by atoms with van der Waals surface area (Å²) in [4.78, 5) is 0. The van der Waals surface area contributed by atoms with Gasteiger partial charge in [0.15, 0.2) is 0 Å². The minimum Gasteiger partial charge on any atom is -0.496 e. The second-order valence-corrected chi connectivity index (χ2v) is 14.3. The normalized spacial score (nSPS) is 12.4. The van der Waals surface area contributed by atoms with Crippen LogP contribution in [0.25, 0.3) is 108 Å². The molecule has 0 spiro atoms. The maximum Gasteiger partial charge on any atom is 0.131 e. The monoisotopic (exact) mass is 674 g/mol. The first-order valence-electron chi connectivity index (χ1n) is 17.7. The molecule has 0 saturated carbocycles. The SMILES string of the molecule is COc1cc(OC)c2c3cc(C)ccc3c3c4c5ccc(C)cc5c5c(OC)cc(OC)c6c7ccccc7c(c7c8ccccc8c1c2c73)c4c65. The molecule has 0 unspecified atom stereocenters. The zero-order chi connectivity index (χ0) is 35.2. The van der Waals surface area contributed by atoms with Crippen molar-refractivity contribution in [1.82, 2.24) is 0 Å². The van der Waals surface area contributed by atoms with Gasteiger partial charge in [-0.25, -0.2) is 0 Å². The van der Waals surface area contributed by atoms with Crippen LogP contribution in [0.1, 0.15) is 11.1 Å². The molecule has 0 aliphatic heterocycles. The average molecular weight is 675 g/mol. The predicted octanol–water partition coefficient (Wildman–Crippen LogP) is 12.7. The van der Waals surface area contributed by atoms with Gasteiger partial charge >= 0.3 is 0 Å². The van der Waals surface area contributed by atoms with Crippen LogP contribution in [0.3, 0.4) is 0 Å². The number of hydrogen-bond donors (Lipinski definition) is 0. The second kappa shape index (κ2) is 10.2. The van der Waals surface area contributed by atoms with Gasteiger partial charge in [0.05, 0.1) is 28.4 Å². The number of benzene rings is 11. The van der Waals surface area contributed by atoms with Gasteiger partial charge in [-0.05, 0) is 78.5 Å². The van der Waals surface area contributed by atoms with Crippen molar-refractivity contribution in [2.24, 2.45) is 0 Å². The van der Waals surface area contributed by atoms with E-state index in [9.17, 15) is 0 Å². The number of methoxy groups -OCH3 is 4. The van der Waals surface area contributed by atoms with Gasteiger partial charge in [0.2, 0.25) is 0 Å². The highest BCUT2D eigenvalue weighted by molar-refractivity contribution is 6.56. The smallest absolute Gasteiger partial charge is 0.131 e. The van der Waals surface area contributed by atoms with Gasteiger partial charge < -0.3 is 18.9 Å². The number of rotatable bonds is 4. The molecule has 0 heterocycles. The fourth-order valence-electron chi connectivity index (χ4n) is 9.81. The molecular weight excluding hydrogens is 641 g/mol. The minimum absolute atomic E-state index is 0.806. The standard InChI is InChI=1S/C48H34O4/c1-23-15-17-29-31(19-23)39-35(51-5)21-33(49-3)37-25-11-7-9-13-27(25)41-42-28-14-10-8-12-26(28)38-34(50-4)22-36(52-6)40-32-20-24(2)16-18-30(32)44(48(42)46(38)40)43(29)47(41)45(37)39/h7-22H,1-6H3. The molecule has 4 nitrogen and oxygen atoms in total. The lowest BCUT2D eigenvalue weighted by molar-refractivity contribution is 0.401. The predicted molar refractivity (Wildman–Crippen MR) is 220 cm³/mol. The fourth-order valence-corrected chi connectivity index (χ4v) is 9.81. The van der Waals surface area contributed by atoms with Crippen LogP contribution >= 0.6 is 0 Å². The first-order valence-corrected chi connectivity index (χ1v) is 17.7. The van der Waals surface area contributed by atoms with Crippen LogP contribution in [0.5, 0.6) is 23.0 Å². The third-order valence-electron chi connectivity index (χ3n) is 11.7. The quantitative estimate of drug-likeness (QED) is 0.138. The van der Waals surface area contributed by atoms with Crippen LogP contribution in [0.15, 0.2) is 97.1 Å². The molecule has 0 amide bonds. The first kappa shape index (κ1) is 29.5. The Bertz CT molecular complexity index is 3130. The maximum absolute atomic E-state index is 6.27. The van der Waals surface area contributed by atoms with Crippen molar-refractivity contribution >= 4 is 108 Å². The average Bonchev–Trinajstić information content (AvgIpc) is 3.18. The summed E-state index contributed by atoms with van der Waals surface area (Å²) in [5.74, 6) is 3.23. The topological polar surface area (TPSA) is 36.9 Å².